The third-order valence-corrected chi connectivity index (χ3v) is 9.52. The Kier molecular flexibility index (Phi) is 5.43. The number of rotatable bonds is 2. The predicted molar refractivity (Wildman–Crippen MR) is 161 cm³/mol. The van der Waals surface area contributed by atoms with Crippen molar-refractivity contribution in [3.63, 3.8) is 0 Å². The van der Waals surface area contributed by atoms with Crippen molar-refractivity contribution in [3.05, 3.63) is 107 Å². The number of aliphatic imine (C=N–C) groups is 2. The molecule has 6 aliphatic rings. The number of anilines is 1. The zero-order chi connectivity index (χ0) is 25.9. The topological polar surface area (TPSA) is 49.6 Å². The van der Waals surface area contributed by atoms with E-state index in [-0.39, 0.29) is 6.04 Å². The summed E-state index contributed by atoms with van der Waals surface area (Å²) in [6.07, 6.45) is 27.0. The Morgan fingerprint density at radius 1 is 0.897 bits per heavy atom. The van der Waals surface area contributed by atoms with Gasteiger partial charge in [0.2, 0.25) is 0 Å². The van der Waals surface area contributed by atoms with Gasteiger partial charge in [0.1, 0.15) is 6.04 Å². The molecule has 0 radical (unpaired) electrons. The van der Waals surface area contributed by atoms with Gasteiger partial charge in [-0.15, -0.1) is 0 Å². The molecule has 1 N–H and O–H groups in total. The maximum atomic E-state index is 5.32. The maximum Gasteiger partial charge on any atom is 0.102 e. The van der Waals surface area contributed by atoms with Crippen LogP contribution in [0.25, 0.3) is 10.9 Å². The van der Waals surface area contributed by atoms with Crippen LogP contribution in [-0.2, 0) is 6.42 Å². The zero-order valence-electron chi connectivity index (χ0n) is 22.5. The number of pyridine rings is 1. The van der Waals surface area contributed by atoms with Gasteiger partial charge in [-0.1, -0.05) is 61.6 Å². The van der Waals surface area contributed by atoms with Crippen LogP contribution in [0.5, 0.6) is 0 Å². The summed E-state index contributed by atoms with van der Waals surface area (Å²) in [5.74, 6) is 1.20. The number of allylic oxidation sites excluding steroid dienone is 8. The van der Waals surface area contributed by atoms with Crippen molar-refractivity contribution < 1.29 is 0 Å². The van der Waals surface area contributed by atoms with Crippen LogP contribution in [0.4, 0.5) is 5.69 Å². The molecule has 1 aromatic heterocycles. The van der Waals surface area contributed by atoms with Gasteiger partial charge in [0, 0.05) is 35.3 Å². The van der Waals surface area contributed by atoms with E-state index in [2.05, 4.69) is 79.2 Å². The molecule has 0 amide bonds. The van der Waals surface area contributed by atoms with E-state index in [0.29, 0.717) is 23.8 Å². The average molecular weight is 511 g/mol. The number of dihydropyridines is 1. The Morgan fingerprint density at radius 2 is 1.82 bits per heavy atom. The minimum atomic E-state index is 0.138. The summed E-state index contributed by atoms with van der Waals surface area (Å²) < 4.78 is 0. The summed E-state index contributed by atoms with van der Waals surface area (Å²) in [6, 6.07) is 9.17. The first-order valence-electron chi connectivity index (χ1n) is 14.6. The quantitative estimate of drug-likeness (QED) is 0.455. The second-order valence-electron chi connectivity index (χ2n) is 12.0. The van der Waals surface area contributed by atoms with E-state index in [9.17, 15) is 0 Å². The van der Waals surface area contributed by atoms with Gasteiger partial charge in [0.05, 0.1) is 22.9 Å². The molecule has 0 saturated carbocycles. The zero-order valence-corrected chi connectivity index (χ0v) is 22.5. The van der Waals surface area contributed by atoms with Crippen LogP contribution in [-0.4, -0.2) is 29.0 Å². The summed E-state index contributed by atoms with van der Waals surface area (Å²) in [6.45, 7) is 2.39. The smallest absolute Gasteiger partial charge is 0.102 e. The Balaban J connectivity index is 1.06. The van der Waals surface area contributed by atoms with Gasteiger partial charge in [0.25, 0.3) is 0 Å². The van der Waals surface area contributed by atoms with E-state index < -0.39 is 0 Å². The summed E-state index contributed by atoms with van der Waals surface area (Å²) in [5, 5.41) is 5.16. The van der Waals surface area contributed by atoms with Gasteiger partial charge in [-0.25, -0.2) is 0 Å². The van der Waals surface area contributed by atoms with Crippen LogP contribution in [0.2, 0.25) is 0 Å². The van der Waals surface area contributed by atoms with Gasteiger partial charge in [-0.05, 0) is 84.4 Å². The third-order valence-electron chi connectivity index (χ3n) is 9.52. The molecule has 5 atom stereocenters. The second kappa shape index (κ2) is 9.15. The Bertz CT molecular complexity index is 1620. The van der Waals surface area contributed by atoms with Crippen molar-refractivity contribution >= 4 is 28.5 Å². The fraction of sp³-hybridized carbons (Fsp3) is 0.343. The van der Waals surface area contributed by atoms with Crippen LogP contribution in [0, 0.1) is 17.8 Å². The van der Waals surface area contributed by atoms with E-state index in [1.807, 2.05) is 12.3 Å². The first kappa shape index (κ1) is 23.1. The van der Waals surface area contributed by atoms with Crippen molar-refractivity contribution in [2.45, 2.75) is 57.5 Å². The lowest BCUT2D eigenvalue weighted by molar-refractivity contribution is 0.495. The van der Waals surface area contributed by atoms with Crippen molar-refractivity contribution in [1.29, 1.82) is 0 Å². The Labute approximate surface area is 230 Å². The molecule has 5 unspecified atom stereocenters. The summed E-state index contributed by atoms with van der Waals surface area (Å²) in [5.41, 5.74) is 12.0. The summed E-state index contributed by atoms with van der Waals surface area (Å²) in [7, 11) is 0. The molecule has 0 fully saturated rings. The molecular formula is C35H34N4. The second-order valence-corrected chi connectivity index (χ2v) is 12.0. The fourth-order valence-electron chi connectivity index (χ4n) is 7.43. The van der Waals surface area contributed by atoms with Crippen LogP contribution in [0.1, 0.15) is 44.6 Å². The highest BCUT2D eigenvalue weighted by atomic mass is 15.0. The van der Waals surface area contributed by atoms with Crippen LogP contribution >= 0.6 is 0 Å². The van der Waals surface area contributed by atoms with Crippen molar-refractivity contribution in [2.75, 3.05) is 5.32 Å². The number of hydrogen-bond acceptors (Lipinski definition) is 4. The SMILES string of the molecule is CC1Cc2ccc3cccnc3c2NC1C1=CC2=C(C=CC(C3=NC4C5=C(C=CC4C=C3)CCC=N5)C2)CC1. The monoisotopic (exact) mass is 510 g/mol. The van der Waals surface area contributed by atoms with Crippen LogP contribution < -0.4 is 5.32 Å². The van der Waals surface area contributed by atoms with E-state index in [0.717, 1.165) is 44.0 Å². The minimum absolute atomic E-state index is 0.138. The average Bonchev–Trinajstić information content (AvgIpc) is 2.99. The van der Waals surface area contributed by atoms with E-state index in [1.54, 1.807) is 5.57 Å². The first-order chi connectivity index (χ1) is 19.2. The third kappa shape index (κ3) is 3.92. The highest BCUT2D eigenvalue weighted by molar-refractivity contribution is 5.99. The van der Waals surface area contributed by atoms with Crippen molar-refractivity contribution in [1.82, 2.24) is 4.98 Å². The Hall–Kier alpha value is -3.79. The van der Waals surface area contributed by atoms with Gasteiger partial charge in [-0.3, -0.25) is 15.0 Å². The summed E-state index contributed by atoms with van der Waals surface area (Å²) >= 11 is 0. The molecule has 4 heterocycles. The lowest BCUT2D eigenvalue weighted by Gasteiger charge is -2.37. The lowest BCUT2D eigenvalue weighted by Crippen LogP contribution is -2.36. The molecule has 8 rings (SSSR count). The van der Waals surface area contributed by atoms with E-state index >= 15 is 0 Å². The molecule has 4 heteroatoms. The van der Waals surface area contributed by atoms with Gasteiger partial charge < -0.3 is 5.32 Å². The predicted octanol–water partition coefficient (Wildman–Crippen LogP) is 7.48. The largest absolute Gasteiger partial charge is 0.376 e. The minimum Gasteiger partial charge on any atom is -0.376 e. The molecular weight excluding hydrogens is 476 g/mol. The number of hydrogen-bond donors (Lipinski definition) is 1. The summed E-state index contributed by atoms with van der Waals surface area (Å²) in [4.78, 5) is 14.9. The maximum absolute atomic E-state index is 5.32. The van der Waals surface area contributed by atoms with Crippen LogP contribution in [0.15, 0.2) is 111 Å². The highest BCUT2D eigenvalue weighted by Crippen LogP contribution is 2.42. The van der Waals surface area contributed by atoms with Gasteiger partial charge in [0.15, 0.2) is 0 Å². The van der Waals surface area contributed by atoms with Crippen LogP contribution in [0.3, 0.4) is 0 Å². The molecule has 194 valence electrons. The van der Waals surface area contributed by atoms with E-state index in [4.69, 9.17) is 15.0 Å². The first-order valence-corrected chi connectivity index (χ1v) is 14.6. The van der Waals surface area contributed by atoms with Gasteiger partial charge >= 0.3 is 0 Å². The molecule has 39 heavy (non-hydrogen) atoms. The molecule has 3 aliphatic carbocycles. The molecule has 0 bridgehead atoms. The molecule has 0 spiro atoms. The molecule has 2 aromatic rings. The molecule has 1 aromatic carbocycles. The standard InChI is InChI=1S/C35H34N4/c1-21-18-27-13-10-24-5-3-17-37-33(24)35(27)39-31(21)28-12-7-22-6-11-26(19-29(22)20-28)30-15-14-25-9-8-23-4-2-16-36-32(23)34(25)38-30/h3,5-6,8-11,13-17,20-21,25-26,31,34,39H,2,4,7,12,18-19H2,1H3. The van der Waals surface area contributed by atoms with Gasteiger partial charge in [-0.2, -0.15) is 0 Å². The number of fused-ring (bicyclic) bond motifs is 5. The molecule has 0 saturated heterocycles. The van der Waals surface area contributed by atoms with Crippen molar-refractivity contribution in [3.8, 4) is 0 Å². The van der Waals surface area contributed by atoms with E-state index in [1.165, 1.54) is 44.8 Å². The fourth-order valence-corrected chi connectivity index (χ4v) is 7.43. The molecule has 3 aliphatic heterocycles. The normalized spacial score (nSPS) is 30.7. The number of aromatic nitrogens is 1. The number of nitrogens with one attached hydrogen (secondary N) is 1. The van der Waals surface area contributed by atoms with Crippen molar-refractivity contribution in [2.24, 2.45) is 27.7 Å². The number of nitrogens with zero attached hydrogens (tertiary/aromatic N) is 3. The molecule has 4 nitrogen and oxygen atoms in total. The number of benzene rings is 1. The highest BCUT2D eigenvalue weighted by Gasteiger charge is 2.34. The lowest BCUT2D eigenvalue weighted by atomic mass is 9.75. The Morgan fingerprint density at radius 3 is 2.79 bits per heavy atom.